The molecule has 28 heavy (non-hydrogen) atoms. The predicted octanol–water partition coefficient (Wildman–Crippen LogP) is 3.04. The zero-order chi connectivity index (χ0) is 20.3. The maximum Gasteiger partial charge on any atom is 0.262 e. The normalized spacial score (nSPS) is 13.3. The number of fused-ring (bicyclic) bond motifs is 1. The lowest BCUT2D eigenvalue weighted by molar-refractivity contribution is -0.121. The van der Waals surface area contributed by atoms with Gasteiger partial charge in [-0.25, -0.2) is 18.8 Å². The van der Waals surface area contributed by atoms with Crippen molar-refractivity contribution in [1.82, 2.24) is 10.4 Å². The van der Waals surface area contributed by atoms with Crippen LogP contribution in [0.1, 0.15) is 19.4 Å². The number of carbonyl (C=O) groups is 1. The predicted molar refractivity (Wildman–Crippen MR) is 113 cm³/mol. The van der Waals surface area contributed by atoms with Crippen LogP contribution in [0.25, 0.3) is 10.2 Å². The summed E-state index contributed by atoms with van der Waals surface area (Å²) in [5.74, 6) is -0.300. The molecule has 0 unspecified atom stereocenters. The number of carbonyl (C=O) groups excluding carboxylic acids is 1. The number of para-hydroxylation sites is 1. The number of aromatic nitrogens is 1. The van der Waals surface area contributed by atoms with Gasteiger partial charge in [-0.1, -0.05) is 35.6 Å². The minimum atomic E-state index is -3.24. The Labute approximate surface area is 167 Å². The number of hydrogen-bond donors (Lipinski definition) is 2. The fourth-order valence-electron chi connectivity index (χ4n) is 2.43. The van der Waals surface area contributed by atoms with E-state index in [4.69, 9.17) is 0 Å². The van der Waals surface area contributed by atoms with Crippen LogP contribution in [0, 0.1) is 0 Å². The highest BCUT2D eigenvalue weighted by Gasteiger charge is 2.14. The van der Waals surface area contributed by atoms with Crippen molar-refractivity contribution in [3.05, 3.63) is 54.1 Å². The summed E-state index contributed by atoms with van der Waals surface area (Å²) in [4.78, 5) is 17.0. The summed E-state index contributed by atoms with van der Waals surface area (Å²) in [5, 5.41) is 7.85. The number of nitrogens with zero attached hydrogens (tertiary/aromatic N) is 2. The number of benzene rings is 2. The summed E-state index contributed by atoms with van der Waals surface area (Å²) in [7, 11) is -3.24. The van der Waals surface area contributed by atoms with Gasteiger partial charge in [-0.2, -0.15) is 5.10 Å². The third-order valence-corrected chi connectivity index (χ3v) is 6.16. The van der Waals surface area contributed by atoms with E-state index in [1.54, 1.807) is 26.0 Å². The molecule has 2 aromatic carbocycles. The van der Waals surface area contributed by atoms with E-state index in [9.17, 15) is 13.2 Å². The molecule has 0 fully saturated rings. The van der Waals surface area contributed by atoms with Gasteiger partial charge in [-0.15, -0.1) is 0 Å². The van der Waals surface area contributed by atoms with Crippen LogP contribution in [-0.4, -0.2) is 37.3 Å². The van der Waals surface area contributed by atoms with Gasteiger partial charge in [0.15, 0.2) is 15.0 Å². The monoisotopic (exact) mass is 416 g/mol. The number of anilines is 1. The van der Waals surface area contributed by atoms with Crippen molar-refractivity contribution < 1.29 is 13.2 Å². The Bertz CT molecular complexity index is 1100. The Morgan fingerprint density at radius 2 is 1.82 bits per heavy atom. The van der Waals surface area contributed by atoms with Crippen molar-refractivity contribution in [2.75, 3.05) is 11.6 Å². The molecule has 0 spiro atoms. The Morgan fingerprint density at radius 1 is 1.14 bits per heavy atom. The van der Waals surface area contributed by atoms with Crippen LogP contribution in [0.4, 0.5) is 5.13 Å². The third kappa shape index (κ3) is 4.73. The van der Waals surface area contributed by atoms with E-state index in [0.717, 1.165) is 22.0 Å². The van der Waals surface area contributed by atoms with E-state index in [0.29, 0.717) is 10.8 Å². The second kappa shape index (κ2) is 8.07. The average molecular weight is 417 g/mol. The van der Waals surface area contributed by atoms with E-state index < -0.39 is 15.9 Å². The summed E-state index contributed by atoms with van der Waals surface area (Å²) in [6.07, 6.45) is 1.16. The van der Waals surface area contributed by atoms with Crippen molar-refractivity contribution in [1.29, 1.82) is 0 Å². The van der Waals surface area contributed by atoms with E-state index in [1.807, 2.05) is 24.3 Å². The number of rotatable bonds is 6. The molecule has 0 bridgehead atoms. The molecule has 0 aliphatic heterocycles. The smallest absolute Gasteiger partial charge is 0.262 e. The third-order valence-electron chi connectivity index (χ3n) is 4.06. The number of sulfone groups is 1. The maximum atomic E-state index is 12.3. The number of amides is 1. The maximum absolute atomic E-state index is 12.3. The quantitative estimate of drug-likeness (QED) is 0.475. The fraction of sp³-hybridized carbons (Fsp3) is 0.211. The number of hydrogen-bond acceptors (Lipinski definition) is 7. The molecule has 3 rings (SSSR count). The second-order valence-corrected chi connectivity index (χ2v) is 9.37. The topological polar surface area (TPSA) is 101 Å². The van der Waals surface area contributed by atoms with Crippen LogP contribution in [-0.2, 0) is 14.6 Å². The van der Waals surface area contributed by atoms with Gasteiger partial charge in [0.2, 0.25) is 0 Å². The Balaban J connectivity index is 1.63. The first-order chi connectivity index (χ1) is 13.2. The van der Waals surface area contributed by atoms with Crippen molar-refractivity contribution in [3.8, 4) is 0 Å². The van der Waals surface area contributed by atoms with E-state index in [1.165, 1.54) is 23.5 Å². The second-order valence-electron chi connectivity index (χ2n) is 6.32. The molecule has 9 heteroatoms. The van der Waals surface area contributed by atoms with Crippen LogP contribution in [0.2, 0.25) is 0 Å². The molecule has 2 N–H and O–H groups in total. The lowest BCUT2D eigenvalue weighted by Crippen LogP contribution is -2.35. The molecule has 0 aliphatic carbocycles. The van der Waals surface area contributed by atoms with Crippen LogP contribution < -0.4 is 10.7 Å². The molecule has 146 valence electrons. The molecular weight excluding hydrogens is 396 g/mol. The molecule has 1 heterocycles. The first-order valence-corrected chi connectivity index (χ1v) is 11.2. The van der Waals surface area contributed by atoms with Gasteiger partial charge in [0.1, 0.15) is 6.04 Å². The highest BCUT2D eigenvalue weighted by molar-refractivity contribution is 7.90. The van der Waals surface area contributed by atoms with Crippen LogP contribution in [0.3, 0.4) is 0 Å². The van der Waals surface area contributed by atoms with E-state index in [2.05, 4.69) is 20.8 Å². The summed E-state index contributed by atoms with van der Waals surface area (Å²) < 4.78 is 24.1. The largest absolute Gasteiger partial charge is 0.350 e. The molecule has 3 aromatic rings. The fourth-order valence-corrected chi connectivity index (χ4v) is 4.01. The summed E-state index contributed by atoms with van der Waals surface area (Å²) in [6.45, 7) is 3.47. The van der Waals surface area contributed by atoms with Gasteiger partial charge in [0.25, 0.3) is 5.91 Å². The summed E-state index contributed by atoms with van der Waals surface area (Å²) in [6, 6.07) is 13.6. The summed E-state index contributed by atoms with van der Waals surface area (Å²) >= 11 is 1.48. The van der Waals surface area contributed by atoms with Gasteiger partial charge in [-0.3, -0.25) is 4.79 Å². The number of nitrogens with one attached hydrogen (secondary N) is 2. The first kappa shape index (κ1) is 20.0. The van der Waals surface area contributed by atoms with Gasteiger partial charge >= 0.3 is 0 Å². The SMILES string of the molecule is C/C(=N/NC(=O)[C@@H](C)Nc1nc2ccccc2s1)c1ccc(S(C)(=O)=O)cc1. The molecule has 0 radical (unpaired) electrons. The molecule has 0 saturated heterocycles. The lowest BCUT2D eigenvalue weighted by atomic mass is 10.1. The van der Waals surface area contributed by atoms with Gasteiger partial charge in [0, 0.05) is 6.26 Å². The van der Waals surface area contributed by atoms with Crippen molar-refractivity contribution in [2.24, 2.45) is 5.10 Å². The minimum Gasteiger partial charge on any atom is -0.350 e. The van der Waals surface area contributed by atoms with Crippen LogP contribution in [0.5, 0.6) is 0 Å². The molecule has 1 amide bonds. The van der Waals surface area contributed by atoms with Crippen molar-refractivity contribution >= 4 is 48.1 Å². The van der Waals surface area contributed by atoms with Gasteiger partial charge in [0.05, 0.1) is 20.8 Å². The minimum absolute atomic E-state index is 0.238. The summed E-state index contributed by atoms with van der Waals surface area (Å²) in [5.41, 5.74) is 4.70. The van der Waals surface area contributed by atoms with E-state index in [-0.39, 0.29) is 10.8 Å². The highest BCUT2D eigenvalue weighted by atomic mass is 32.2. The zero-order valence-corrected chi connectivity index (χ0v) is 17.3. The van der Waals surface area contributed by atoms with Crippen molar-refractivity contribution in [3.63, 3.8) is 0 Å². The Hall–Kier alpha value is -2.78. The van der Waals surface area contributed by atoms with Gasteiger partial charge in [-0.05, 0) is 43.7 Å². The van der Waals surface area contributed by atoms with E-state index >= 15 is 0 Å². The van der Waals surface area contributed by atoms with Crippen LogP contribution in [0.15, 0.2) is 58.5 Å². The number of thiazole rings is 1. The standard InChI is InChI=1S/C19H20N4O3S2/c1-12(14-8-10-15(11-9-14)28(3,25)26)22-23-18(24)13(2)20-19-21-16-6-4-5-7-17(16)27-19/h4-11,13H,1-3H3,(H,20,21)(H,23,24)/b22-12-/t13-/m1/s1. The Kier molecular flexibility index (Phi) is 5.76. The highest BCUT2D eigenvalue weighted by Crippen LogP contribution is 2.25. The first-order valence-electron chi connectivity index (χ1n) is 8.51. The van der Waals surface area contributed by atoms with Crippen LogP contribution >= 0.6 is 11.3 Å². The molecule has 1 atom stereocenters. The molecular formula is C19H20N4O3S2. The molecule has 0 saturated carbocycles. The van der Waals surface area contributed by atoms with Gasteiger partial charge < -0.3 is 5.32 Å². The zero-order valence-electron chi connectivity index (χ0n) is 15.6. The number of hydrazone groups is 1. The lowest BCUT2D eigenvalue weighted by Gasteiger charge is -2.11. The molecule has 0 aliphatic rings. The molecule has 7 nitrogen and oxygen atoms in total. The Morgan fingerprint density at radius 3 is 2.46 bits per heavy atom. The molecule has 1 aromatic heterocycles. The average Bonchev–Trinajstić information content (AvgIpc) is 3.07. The van der Waals surface area contributed by atoms with Crippen molar-refractivity contribution in [2.45, 2.75) is 24.8 Å².